The summed E-state index contributed by atoms with van der Waals surface area (Å²) in [6.45, 7) is -0.350. The summed E-state index contributed by atoms with van der Waals surface area (Å²) in [5.41, 5.74) is 1.12. The molecule has 0 aliphatic heterocycles. The number of hydrogen-bond donors (Lipinski definition) is 0. The van der Waals surface area contributed by atoms with Gasteiger partial charge >= 0.3 is 0 Å². The number of rotatable bonds is 6. The van der Waals surface area contributed by atoms with Crippen LogP contribution in [-0.4, -0.2) is 45.3 Å². The number of aryl methyl sites for hydroxylation is 1. The van der Waals surface area contributed by atoms with Gasteiger partial charge < -0.3 is 13.9 Å². The van der Waals surface area contributed by atoms with Crippen molar-refractivity contribution in [3.8, 4) is 0 Å². The summed E-state index contributed by atoms with van der Waals surface area (Å²) in [6.07, 6.45) is 4.42. The second-order valence-electron chi connectivity index (χ2n) is 4.10. The van der Waals surface area contributed by atoms with Crippen LogP contribution in [0.3, 0.4) is 0 Å². The lowest BCUT2D eigenvalue weighted by Crippen LogP contribution is -2.06. The molecule has 2 atom stereocenters. The van der Waals surface area contributed by atoms with Gasteiger partial charge in [0.1, 0.15) is 12.7 Å². The monoisotopic (exact) mass is 317 g/mol. The van der Waals surface area contributed by atoms with Crippen LogP contribution in [0.15, 0.2) is 17.6 Å². The van der Waals surface area contributed by atoms with E-state index in [2.05, 4.69) is 19.9 Å². The van der Waals surface area contributed by atoms with Crippen molar-refractivity contribution in [1.82, 2.24) is 19.5 Å². The van der Waals surface area contributed by atoms with Gasteiger partial charge in [0.05, 0.1) is 14.3 Å². The first-order valence-electron chi connectivity index (χ1n) is 6.43. The summed E-state index contributed by atoms with van der Waals surface area (Å²) in [7, 11) is 0. The van der Waals surface area contributed by atoms with Crippen LogP contribution in [0.1, 0.15) is 8.29 Å². The lowest BCUT2D eigenvalue weighted by molar-refractivity contribution is 0.168. The van der Waals surface area contributed by atoms with Crippen molar-refractivity contribution >= 4 is 40.9 Å². The van der Waals surface area contributed by atoms with Crippen LogP contribution >= 0.6 is 17.7 Å². The third kappa shape index (κ3) is 3.85. The molecule has 2 rings (SSSR count). The highest BCUT2D eigenvalue weighted by atomic mass is 35.7. The molecule has 0 bridgehead atoms. The number of fused-ring (bicyclic) bond motifs is 1. The molecule has 0 aliphatic rings. The first-order valence-corrected chi connectivity index (χ1v) is 9.09. The van der Waals surface area contributed by atoms with Crippen molar-refractivity contribution in [1.29, 1.82) is 0 Å². The first kappa shape index (κ1) is 13.7. The fourth-order valence-electron chi connectivity index (χ4n) is 1.54. The van der Waals surface area contributed by atoms with Gasteiger partial charge in [-0.2, -0.15) is 0 Å². The van der Waals surface area contributed by atoms with E-state index >= 15 is 0 Å². The van der Waals surface area contributed by atoms with Gasteiger partial charge in [-0.1, -0.05) is 11.2 Å². The number of ether oxygens (including phenoxy) is 1. The molecule has 0 radical (unpaired) electrons. The third-order valence-electron chi connectivity index (χ3n) is 2.33. The van der Waals surface area contributed by atoms with Crippen LogP contribution in [-0.2, 0) is 15.8 Å². The molecule has 0 saturated carbocycles. The molecular weight excluding hydrogens is 301 g/mol. The summed E-state index contributed by atoms with van der Waals surface area (Å²) in [5.74, 6) is 0.475. The quantitative estimate of drug-likeness (QED) is 0.604. The van der Waals surface area contributed by atoms with Crippen molar-refractivity contribution in [2.24, 2.45) is 4.99 Å². The summed E-state index contributed by atoms with van der Waals surface area (Å²) in [5, 5.41) is 0. The van der Waals surface area contributed by atoms with Crippen molar-refractivity contribution in [3.05, 3.63) is 12.7 Å². The average molecular weight is 318 g/mol. The zero-order valence-electron chi connectivity index (χ0n) is 12.1. The van der Waals surface area contributed by atoms with Gasteiger partial charge in [0.15, 0.2) is 23.5 Å². The molecule has 20 heavy (non-hydrogen) atoms. The number of hydrogen-bond acceptors (Lipinski definition) is 6. The normalized spacial score (nSPS) is 17.2. The van der Waals surface area contributed by atoms with Gasteiger partial charge in [0.2, 0.25) is 0 Å². The fraction of sp³-hybridized carbons (Fsp3) is 0.455. The topological polar surface area (TPSA) is 82.3 Å². The number of aliphatic imine (C=N–C) groups is 1. The maximum atomic E-state index is 11.4. The van der Waals surface area contributed by atoms with Crippen LogP contribution in [0, 0.1) is 0 Å². The average Bonchev–Trinajstić information content (AvgIpc) is 2.81. The van der Waals surface area contributed by atoms with Crippen LogP contribution in [0.4, 0.5) is 5.82 Å². The van der Waals surface area contributed by atoms with Crippen molar-refractivity contribution < 1.29 is 10.7 Å². The third-order valence-corrected chi connectivity index (χ3v) is 3.23. The van der Waals surface area contributed by atoms with E-state index < -0.39 is 13.1 Å². The molecule has 9 heteroatoms. The standard InChI is InChI=1S/C11H15ClN5O2P/c1-3-13-10-9-11(15-6-14-10)17(7-16-9)4-5-19-8-20(2,12)18/h3,6-7H,4-5,8H2,1-2H3/i5T. The number of aromatic nitrogens is 4. The summed E-state index contributed by atoms with van der Waals surface area (Å²) < 4.78 is 26.0. The molecule has 2 unspecified atom stereocenters. The van der Waals surface area contributed by atoms with E-state index in [0.717, 1.165) is 0 Å². The molecule has 0 spiro atoms. The highest BCUT2D eigenvalue weighted by molar-refractivity contribution is 7.88. The molecule has 0 amide bonds. The van der Waals surface area contributed by atoms with Gasteiger partial charge in [0, 0.05) is 19.4 Å². The molecular formula is C11H15ClN5O2P. The van der Waals surface area contributed by atoms with E-state index in [0.29, 0.717) is 17.0 Å². The van der Waals surface area contributed by atoms with Crippen LogP contribution in [0.2, 0.25) is 0 Å². The van der Waals surface area contributed by atoms with Gasteiger partial charge in [-0.05, 0) is 6.92 Å². The summed E-state index contributed by atoms with van der Waals surface area (Å²) >= 11 is 5.60. The molecule has 0 N–H and O–H groups in total. The smallest absolute Gasteiger partial charge is 0.190 e. The minimum atomic E-state index is -2.81. The predicted octanol–water partition coefficient (Wildman–Crippen LogP) is 2.67. The molecule has 108 valence electrons. The zero-order valence-corrected chi connectivity index (χ0v) is 12.8. The van der Waals surface area contributed by atoms with E-state index in [1.54, 1.807) is 24.0 Å². The Kier molecular flexibility index (Phi) is 4.40. The summed E-state index contributed by atoms with van der Waals surface area (Å²) in [6, 6.07) is 0. The number of halogens is 1. The molecule has 0 saturated heterocycles. The Bertz CT molecular complexity index is 701. The van der Waals surface area contributed by atoms with Gasteiger partial charge in [-0.15, -0.1) is 0 Å². The lowest BCUT2D eigenvalue weighted by atomic mass is 10.5. The number of imidazole rings is 1. The van der Waals surface area contributed by atoms with Gasteiger partial charge in [-0.3, -0.25) is 0 Å². The summed E-state index contributed by atoms with van der Waals surface area (Å²) in [4.78, 5) is 16.5. The Balaban J connectivity index is 2.16. The van der Waals surface area contributed by atoms with Crippen LogP contribution < -0.4 is 0 Å². The highest BCUT2D eigenvalue weighted by Gasteiger charge is 2.11. The van der Waals surface area contributed by atoms with E-state index in [1.807, 2.05) is 0 Å². The maximum Gasteiger partial charge on any atom is 0.190 e. The molecule has 7 nitrogen and oxygen atoms in total. The molecule has 0 fully saturated rings. The van der Waals surface area contributed by atoms with Crippen LogP contribution in [0.5, 0.6) is 0 Å². The molecule has 0 aromatic carbocycles. The fourth-order valence-corrected chi connectivity index (χ4v) is 2.08. The Morgan fingerprint density at radius 1 is 1.60 bits per heavy atom. The van der Waals surface area contributed by atoms with E-state index in [1.165, 1.54) is 13.0 Å². The molecule has 2 heterocycles. The lowest BCUT2D eigenvalue weighted by Gasteiger charge is -2.07. The van der Waals surface area contributed by atoms with Crippen LogP contribution in [0.25, 0.3) is 11.2 Å². The minimum Gasteiger partial charge on any atom is -0.371 e. The Hall–Kier alpha value is -1.30. The van der Waals surface area contributed by atoms with E-state index in [-0.39, 0.29) is 12.9 Å². The van der Waals surface area contributed by atoms with Gasteiger partial charge in [-0.25, -0.2) is 19.9 Å². The maximum absolute atomic E-state index is 11.4. The van der Waals surface area contributed by atoms with Crippen molar-refractivity contribution in [2.45, 2.75) is 13.5 Å². The minimum absolute atomic E-state index is 0.143. The largest absolute Gasteiger partial charge is 0.371 e. The SMILES string of the molecule is [3H]C(Cn1cnc2c(N=CC)ncnc21)OCP(C)(=O)Cl. The molecule has 2 aromatic rings. The van der Waals surface area contributed by atoms with Crippen molar-refractivity contribution in [2.75, 3.05) is 19.6 Å². The Morgan fingerprint density at radius 3 is 3.10 bits per heavy atom. The second-order valence-corrected chi connectivity index (χ2v) is 8.48. The number of nitrogens with zero attached hydrogens (tertiary/aromatic N) is 5. The molecule has 2 aromatic heterocycles. The first-order chi connectivity index (χ1) is 9.90. The highest BCUT2D eigenvalue weighted by Crippen LogP contribution is 2.46. The van der Waals surface area contributed by atoms with E-state index in [9.17, 15) is 4.57 Å². The molecule has 0 aliphatic carbocycles. The van der Waals surface area contributed by atoms with E-state index in [4.69, 9.17) is 17.3 Å². The predicted molar refractivity (Wildman–Crippen MR) is 79.4 cm³/mol. The Labute approximate surface area is 122 Å². The zero-order chi connectivity index (χ0) is 15.5. The van der Waals surface area contributed by atoms with Crippen molar-refractivity contribution in [3.63, 3.8) is 0 Å². The second kappa shape index (κ2) is 6.43. The van der Waals surface area contributed by atoms with Gasteiger partial charge in [0.25, 0.3) is 0 Å². The Morgan fingerprint density at radius 2 is 2.40 bits per heavy atom.